The van der Waals surface area contributed by atoms with E-state index in [-0.39, 0.29) is 0 Å². The van der Waals surface area contributed by atoms with E-state index in [0.29, 0.717) is 12.0 Å². The van der Waals surface area contributed by atoms with E-state index in [2.05, 4.69) is 0 Å². The minimum absolute atomic E-state index is 0.386. The van der Waals surface area contributed by atoms with Gasteiger partial charge in [-0.15, -0.1) is 0 Å². The summed E-state index contributed by atoms with van der Waals surface area (Å²) in [5, 5.41) is 0. The molecule has 2 amide bonds. The summed E-state index contributed by atoms with van der Waals surface area (Å²) < 4.78 is -0.802. The summed E-state index contributed by atoms with van der Waals surface area (Å²) in [6.45, 7) is 0. The van der Waals surface area contributed by atoms with Gasteiger partial charge in [0.25, 0.3) is 0 Å². The van der Waals surface area contributed by atoms with Crippen LogP contribution in [0.4, 0.5) is 0 Å². The zero-order valence-corrected chi connectivity index (χ0v) is 7.86. The number of imide groups is 1. The molecule has 0 spiro atoms. The second kappa shape index (κ2) is 3.68. The fourth-order valence-corrected chi connectivity index (χ4v) is 0.979. The maximum Gasteiger partial charge on any atom is 0.370 e. The van der Waals surface area contributed by atoms with Gasteiger partial charge in [-0.05, 0) is 12.1 Å². The van der Waals surface area contributed by atoms with Gasteiger partial charge in [-0.2, -0.15) is 0 Å². The number of hydrogen-bond acceptors (Lipinski definition) is 2. The lowest BCUT2D eigenvalue weighted by Gasteiger charge is -2.11. The predicted octanol–water partition coefficient (Wildman–Crippen LogP) is 1.58. The fraction of sp³-hybridized carbons (Fsp3) is 0.111. The minimum atomic E-state index is -0.802. The number of carbonyl (C=O) groups excluding carboxylic acids is 2. The van der Waals surface area contributed by atoms with Crippen LogP contribution in [0.5, 0.6) is 0 Å². The molecule has 0 aliphatic heterocycles. The predicted molar refractivity (Wildman–Crippen MR) is 48.9 cm³/mol. The van der Waals surface area contributed by atoms with Crippen molar-refractivity contribution in [1.82, 2.24) is 0 Å². The van der Waals surface area contributed by atoms with E-state index in [1.165, 1.54) is 7.05 Å². The summed E-state index contributed by atoms with van der Waals surface area (Å²) in [5.41, 5.74) is 0.423. The maximum absolute atomic E-state index is 11.5. The molecule has 1 atom stereocenters. The highest BCUT2D eigenvalue weighted by atomic mass is 35.5. The fourth-order valence-electron chi connectivity index (χ4n) is 0.881. The molecule has 1 unspecified atom stereocenters. The third-order valence-corrected chi connectivity index (χ3v) is 1.85. The van der Waals surface area contributed by atoms with Crippen molar-refractivity contribution >= 4 is 24.1 Å². The summed E-state index contributed by atoms with van der Waals surface area (Å²) in [6.07, 6.45) is 0.386. The molecule has 0 aliphatic carbocycles. The largest absolute Gasteiger partial charge is 0.370 e. The van der Waals surface area contributed by atoms with Gasteiger partial charge in [-0.25, -0.2) is 9.59 Å². The Morgan fingerprint density at radius 2 is 1.92 bits per heavy atom. The Morgan fingerprint density at radius 1 is 1.38 bits per heavy atom. The van der Waals surface area contributed by atoms with Gasteiger partial charge in [-0.3, -0.25) is 0 Å². The Morgan fingerprint density at radius 3 is 2.38 bits per heavy atom. The lowest BCUT2D eigenvalue weighted by atomic mass is 10.2. The number of amides is 2. The first-order chi connectivity index (χ1) is 6.08. The van der Waals surface area contributed by atoms with E-state index in [9.17, 15) is 9.59 Å². The van der Waals surface area contributed by atoms with Crippen molar-refractivity contribution in [3.63, 3.8) is 0 Å². The Hall–Kier alpha value is -1.19. The van der Waals surface area contributed by atoms with Gasteiger partial charge in [0, 0.05) is 0 Å². The summed E-state index contributed by atoms with van der Waals surface area (Å²) >= 11 is 5.63. The summed E-state index contributed by atoms with van der Waals surface area (Å²) in [7, 11) is 1.32. The van der Waals surface area contributed by atoms with Crippen LogP contribution in [0.2, 0.25) is 0 Å². The number of nitrogens with zero attached hydrogens (tertiary/aromatic N) is 1. The van der Waals surface area contributed by atoms with Crippen LogP contribution >= 0.6 is 11.8 Å². The molecular weight excluding hydrogens is 190 g/mol. The first kappa shape index (κ1) is 9.89. The molecule has 0 fully saturated rings. The second-order valence-electron chi connectivity index (χ2n) is 2.74. The van der Waals surface area contributed by atoms with E-state index in [1.54, 1.807) is 30.3 Å². The smallest absolute Gasteiger partial charge is 0.232 e. The molecule has 0 saturated carbocycles. The zero-order chi connectivity index (χ0) is 9.90. The van der Waals surface area contributed by atoms with Crippen LogP contribution < -0.4 is 0 Å². The van der Waals surface area contributed by atoms with E-state index in [0.717, 1.165) is 0 Å². The highest BCUT2D eigenvalue weighted by molar-refractivity contribution is 6.18. The van der Waals surface area contributed by atoms with E-state index in [4.69, 9.17) is 11.8 Å². The van der Waals surface area contributed by atoms with Crippen LogP contribution in [0.25, 0.3) is 0 Å². The van der Waals surface area contributed by atoms with Gasteiger partial charge < -0.3 is 0 Å². The number of quaternary nitrogens is 1. The van der Waals surface area contributed by atoms with Crippen molar-refractivity contribution in [1.29, 1.82) is 0 Å². The van der Waals surface area contributed by atoms with Crippen LogP contribution in [-0.4, -0.2) is 23.4 Å². The van der Waals surface area contributed by atoms with Crippen LogP contribution in [0.1, 0.15) is 10.4 Å². The molecule has 4 heteroatoms. The molecule has 3 nitrogen and oxygen atoms in total. The molecule has 68 valence electrons. The van der Waals surface area contributed by atoms with Gasteiger partial charge in [0.05, 0.1) is 5.56 Å². The summed E-state index contributed by atoms with van der Waals surface area (Å²) in [6, 6.07) is 8.45. The van der Waals surface area contributed by atoms with Crippen molar-refractivity contribution < 1.29 is 13.6 Å². The quantitative estimate of drug-likeness (QED) is 0.534. The van der Waals surface area contributed by atoms with E-state index in [1.807, 2.05) is 0 Å². The average molecular weight is 199 g/mol. The van der Waals surface area contributed by atoms with Crippen molar-refractivity contribution in [3.05, 3.63) is 35.9 Å². The lowest BCUT2D eigenvalue weighted by molar-refractivity contribution is -0.610. The number of hydrogen-bond donors (Lipinski definition) is 0. The molecule has 0 aliphatic rings. The highest BCUT2D eigenvalue weighted by Crippen LogP contribution is 2.12. The third-order valence-electron chi connectivity index (χ3n) is 1.62. The number of rotatable bonds is 2. The monoisotopic (exact) mass is 198 g/mol. The number of benzene rings is 1. The van der Waals surface area contributed by atoms with Gasteiger partial charge in [0.1, 0.15) is 7.05 Å². The Labute approximate surface area is 81.2 Å². The molecular formula is C9H9ClNO2+. The van der Waals surface area contributed by atoms with Crippen LogP contribution in [0, 0.1) is 0 Å². The second-order valence-corrected chi connectivity index (χ2v) is 3.44. The van der Waals surface area contributed by atoms with Crippen LogP contribution in [0.15, 0.2) is 30.3 Å². The third kappa shape index (κ3) is 2.14. The van der Waals surface area contributed by atoms with E-state index >= 15 is 0 Å². The van der Waals surface area contributed by atoms with Crippen molar-refractivity contribution in [3.8, 4) is 0 Å². The zero-order valence-electron chi connectivity index (χ0n) is 7.11. The molecule has 0 saturated heterocycles. The topological polar surface area (TPSA) is 34.1 Å². The van der Waals surface area contributed by atoms with Gasteiger partial charge in [0.2, 0.25) is 0 Å². The van der Waals surface area contributed by atoms with Crippen LogP contribution in [0.3, 0.4) is 0 Å². The van der Waals surface area contributed by atoms with Crippen molar-refractivity contribution in [2.45, 2.75) is 0 Å². The Balaban J connectivity index is 2.99. The molecule has 0 N–H and O–H groups in total. The molecule has 1 aromatic carbocycles. The molecule has 1 aromatic rings. The molecule has 0 radical (unpaired) electrons. The molecule has 1 rings (SSSR count). The van der Waals surface area contributed by atoms with Crippen LogP contribution in [-0.2, 0) is 4.79 Å². The van der Waals surface area contributed by atoms with Crippen molar-refractivity contribution in [2.24, 2.45) is 0 Å². The van der Waals surface area contributed by atoms with Gasteiger partial charge in [0.15, 0.2) is 11.8 Å². The maximum atomic E-state index is 11.5. The highest BCUT2D eigenvalue weighted by Gasteiger charge is 2.31. The molecule has 13 heavy (non-hydrogen) atoms. The standard InChI is InChI=1S/C9H9ClNO2/c1-11(10,7-12)9(13)8-5-3-2-4-6-8/h2-7H,1H3/q+1. The Bertz CT molecular complexity index is 322. The number of halogens is 1. The van der Waals surface area contributed by atoms with Crippen molar-refractivity contribution in [2.75, 3.05) is 7.05 Å². The SMILES string of the molecule is C[N+](Cl)(C=O)C(=O)c1ccccc1. The Kier molecular flexibility index (Phi) is 2.80. The number of carbonyl (C=O) groups is 2. The molecule has 0 bridgehead atoms. The lowest BCUT2D eigenvalue weighted by Crippen LogP contribution is -2.38. The average Bonchev–Trinajstić information content (AvgIpc) is 2.18. The summed E-state index contributed by atoms with van der Waals surface area (Å²) in [4.78, 5) is 22.0. The normalized spacial score (nSPS) is 14.6. The van der Waals surface area contributed by atoms with E-state index < -0.39 is 9.91 Å². The van der Waals surface area contributed by atoms with Gasteiger partial charge in [-0.1, -0.05) is 22.2 Å². The summed E-state index contributed by atoms with van der Waals surface area (Å²) in [5.74, 6) is -0.433. The first-order valence-electron chi connectivity index (χ1n) is 3.70. The molecule has 0 aromatic heterocycles. The molecule has 0 heterocycles. The first-order valence-corrected chi connectivity index (χ1v) is 4.04. The van der Waals surface area contributed by atoms with Gasteiger partial charge >= 0.3 is 12.3 Å². The minimum Gasteiger partial charge on any atom is -0.232 e.